The van der Waals surface area contributed by atoms with Gasteiger partial charge in [-0.3, -0.25) is 4.99 Å². The number of aliphatic imine (C=N–C) groups is 1. The van der Waals surface area contributed by atoms with Crippen molar-refractivity contribution in [3.8, 4) is 0 Å². The second kappa shape index (κ2) is 10.4. The van der Waals surface area contributed by atoms with E-state index in [0.717, 1.165) is 12.0 Å². The molecular weight excluding hydrogens is 414 g/mol. The zero-order valence-electron chi connectivity index (χ0n) is 17.1. The van der Waals surface area contributed by atoms with Crippen LogP contribution in [0, 0.1) is 5.82 Å². The molecule has 0 amide bonds. The number of ether oxygens (including phenoxy) is 1. The molecule has 10 heteroatoms. The first-order valence-electron chi connectivity index (χ1n) is 9.89. The third-order valence-corrected chi connectivity index (χ3v) is 4.81. The highest BCUT2D eigenvalue weighted by atomic mass is 19.4. The maximum absolute atomic E-state index is 13.9. The molecule has 1 aromatic heterocycles. The summed E-state index contributed by atoms with van der Waals surface area (Å²) in [6.07, 6.45) is -1.93. The van der Waals surface area contributed by atoms with Gasteiger partial charge < -0.3 is 20.3 Å². The number of benzene rings is 1. The van der Waals surface area contributed by atoms with Crippen molar-refractivity contribution in [1.82, 2.24) is 15.6 Å². The van der Waals surface area contributed by atoms with E-state index in [0.29, 0.717) is 37.0 Å². The van der Waals surface area contributed by atoms with Gasteiger partial charge in [-0.05, 0) is 29.7 Å². The number of anilines is 1. The van der Waals surface area contributed by atoms with Crippen LogP contribution in [0.25, 0.3) is 0 Å². The van der Waals surface area contributed by atoms with Crippen molar-refractivity contribution in [2.24, 2.45) is 4.99 Å². The van der Waals surface area contributed by atoms with Gasteiger partial charge in [-0.1, -0.05) is 24.3 Å². The van der Waals surface area contributed by atoms with Gasteiger partial charge >= 0.3 is 6.18 Å². The van der Waals surface area contributed by atoms with E-state index in [2.05, 4.69) is 25.3 Å². The summed E-state index contributed by atoms with van der Waals surface area (Å²) in [5, 5.41) is 6.54. The third kappa shape index (κ3) is 7.09. The fourth-order valence-corrected chi connectivity index (χ4v) is 3.29. The number of hydrogen-bond acceptors (Lipinski definition) is 4. The Hall–Kier alpha value is -2.88. The lowest BCUT2D eigenvalue weighted by molar-refractivity contribution is -0.176. The highest BCUT2D eigenvalue weighted by Gasteiger charge is 2.27. The van der Waals surface area contributed by atoms with Crippen molar-refractivity contribution in [1.29, 1.82) is 0 Å². The van der Waals surface area contributed by atoms with Gasteiger partial charge in [0.15, 0.2) is 17.6 Å². The zero-order chi connectivity index (χ0) is 22.3. The topological polar surface area (TPSA) is 61.8 Å². The summed E-state index contributed by atoms with van der Waals surface area (Å²) in [7, 11) is 1.67. The average Bonchev–Trinajstić information content (AvgIpc) is 3.20. The maximum atomic E-state index is 13.9. The first-order valence-corrected chi connectivity index (χ1v) is 9.89. The molecule has 3 rings (SSSR count). The Kier molecular flexibility index (Phi) is 7.67. The molecule has 2 aromatic rings. The molecule has 1 unspecified atom stereocenters. The first-order chi connectivity index (χ1) is 14.8. The molecule has 2 N–H and O–H groups in total. The molecule has 0 spiro atoms. The van der Waals surface area contributed by atoms with Crippen LogP contribution in [-0.2, 0) is 17.9 Å². The highest BCUT2D eigenvalue weighted by molar-refractivity contribution is 5.80. The van der Waals surface area contributed by atoms with Gasteiger partial charge in [-0.25, -0.2) is 9.37 Å². The number of halogens is 4. The fraction of sp³-hybridized carbons (Fsp3) is 0.429. The predicted molar refractivity (Wildman–Crippen MR) is 110 cm³/mol. The van der Waals surface area contributed by atoms with E-state index in [1.165, 1.54) is 6.07 Å². The summed E-state index contributed by atoms with van der Waals surface area (Å²) >= 11 is 0. The van der Waals surface area contributed by atoms with Crippen molar-refractivity contribution in [3.05, 3.63) is 59.5 Å². The van der Waals surface area contributed by atoms with Crippen LogP contribution in [0.15, 0.2) is 47.6 Å². The molecule has 1 fully saturated rings. The second-order valence-corrected chi connectivity index (χ2v) is 7.24. The van der Waals surface area contributed by atoms with Gasteiger partial charge in [0.25, 0.3) is 0 Å². The monoisotopic (exact) mass is 439 g/mol. The Labute approximate surface area is 178 Å². The van der Waals surface area contributed by atoms with Crippen molar-refractivity contribution >= 4 is 11.8 Å². The van der Waals surface area contributed by atoms with Gasteiger partial charge in [0, 0.05) is 38.9 Å². The summed E-state index contributed by atoms with van der Waals surface area (Å²) in [4.78, 5) is 10.2. The Balaban J connectivity index is 1.44. The molecule has 31 heavy (non-hydrogen) atoms. The number of pyridine rings is 1. The van der Waals surface area contributed by atoms with Crippen molar-refractivity contribution in [2.45, 2.75) is 31.8 Å². The molecule has 168 valence electrons. The van der Waals surface area contributed by atoms with E-state index in [1.54, 1.807) is 31.4 Å². The number of nitrogens with one attached hydrogen (secondary N) is 2. The van der Waals surface area contributed by atoms with Crippen molar-refractivity contribution in [2.75, 3.05) is 31.6 Å². The van der Waals surface area contributed by atoms with Crippen molar-refractivity contribution in [3.63, 3.8) is 0 Å². The second-order valence-electron chi connectivity index (χ2n) is 7.24. The molecule has 1 aromatic carbocycles. The van der Waals surface area contributed by atoms with Crippen LogP contribution in [0.4, 0.5) is 23.4 Å². The molecule has 1 aliphatic rings. The number of rotatable bonds is 7. The van der Waals surface area contributed by atoms with E-state index in [-0.39, 0.29) is 18.5 Å². The molecule has 1 aliphatic heterocycles. The maximum Gasteiger partial charge on any atom is 0.411 e. The summed E-state index contributed by atoms with van der Waals surface area (Å²) in [5.41, 5.74) is 1.62. The normalized spacial score (nSPS) is 17.1. The van der Waals surface area contributed by atoms with Gasteiger partial charge in [0.1, 0.15) is 6.61 Å². The molecule has 1 saturated heterocycles. The van der Waals surface area contributed by atoms with E-state index in [4.69, 9.17) is 0 Å². The van der Waals surface area contributed by atoms with E-state index < -0.39 is 12.8 Å². The van der Waals surface area contributed by atoms with Crippen LogP contribution < -0.4 is 15.5 Å². The minimum Gasteiger partial charge on any atom is -0.367 e. The molecular formula is C21H25F4N5O. The van der Waals surface area contributed by atoms with Gasteiger partial charge in [-0.2, -0.15) is 13.2 Å². The minimum absolute atomic E-state index is 0.0918. The molecule has 0 aliphatic carbocycles. The molecule has 0 radical (unpaired) electrons. The van der Waals surface area contributed by atoms with E-state index >= 15 is 0 Å². The minimum atomic E-state index is -4.32. The van der Waals surface area contributed by atoms with Crippen LogP contribution >= 0.6 is 0 Å². The average molecular weight is 439 g/mol. The molecule has 0 bridgehead atoms. The lowest BCUT2D eigenvalue weighted by atomic mass is 10.1. The summed E-state index contributed by atoms with van der Waals surface area (Å²) < 4.78 is 55.0. The Morgan fingerprint density at radius 1 is 1.23 bits per heavy atom. The van der Waals surface area contributed by atoms with Crippen LogP contribution in [0.5, 0.6) is 0 Å². The fourth-order valence-electron chi connectivity index (χ4n) is 3.29. The number of hydrogen-bond donors (Lipinski definition) is 2. The number of nitrogens with zero attached hydrogens (tertiary/aromatic N) is 3. The number of alkyl halides is 3. The predicted octanol–water partition coefficient (Wildman–Crippen LogP) is 3.24. The summed E-state index contributed by atoms with van der Waals surface area (Å²) in [6.45, 7) is 0.450. The largest absolute Gasteiger partial charge is 0.411 e. The molecule has 0 saturated carbocycles. The number of guanidine groups is 1. The molecule has 2 heterocycles. The first kappa shape index (κ1) is 22.8. The third-order valence-electron chi connectivity index (χ3n) is 4.81. The summed E-state index contributed by atoms with van der Waals surface area (Å²) in [6, 6.07) is 10.2. The SMILES string of the molecule is CN=C(NCc1ccc(COCC(F)(F)F)cc1)NC1CCN(c2ncccc2F)C1. The van der Waals surface area contributed by atoms with Gasteiger partial charge in [0.05, 0.1) is 6.61 Å². The van der Waals surface area contributed by atoms with Crippen molar-refractivity contribution < 1.29 is 22.3 Å². The smallest absolute Gasteiger partial charge is 0.367 e. The van der Waals surface area contributed by atoms with E-state index in [9.17, 15) is 17.6 Å². The summed E-state index contributed by atoms with van der Waals surface area (Å²) in [5.74, 6) is 0.637. The Bertz CT molecular complexity index is 873. The van der Waals surface area contributed by atoms with E-state index in [1.807, 2.05) is 17.0 Å². The van der Waals surface area contributed by atoms with Gasteiger partial charge in [0.2, 0.25) is 0 Å². The molecule has 6 nitrogen and oxygen atoms in total. The highest BCUT2D eigenvalue weighted by Crippen LogP contribution is 2.20. The Morgan fingerprint density at radius 3 is 2.65 bits per heavy atom. The van der Waals surface area contributed by atoms with Crippen LogP contribution in [0.1, 0.15) is 17.5 Å². The lowest BCUT2D eigenvalue weighted by Crippen LogP contribution is -2.44. The number of aromatic nitrogens is 1. The quantitative estimate of drug-likeness (QED) is 0.394. The molecule has 1 atom stereocenters. The lowest BCUT2D eigenvalue weighted by Gasteiger charge is -2.20. The van der Waals surface area contributed by atoms with Gasteiger partial charge in [-0.15, -0.1) is 0 Å². The van der Waals surface area contributed by atoms with Crippen LogP contribution in [-0.4, -0.2) is 49.9 Å². The van der Waals surface area contributed by atoms with Crippen LogP contribution in [0.2, 0.25) is 0 Å². The zero-order valence-corrected chi connectivity index (χ0v) is 17.1. The van der Waals surface area contributed by atoms with Crippen LogP contribution in [0.3, 0.4) is 0 Å². The standard InChI is InChI=1S/C21H25F4N5O/c1-26-20(29-17-8-10-30(12-17)19-18(22)3-2-9-27-19)28-11-15-4-6-16(7-5-15)13-31-14-21(23,24)25/h2-7,9,17H,8,10-14H2,1H3,(H2,26,28,29). The Morgan fingerprint density at radius 2 is 1.97 bits per heavy atom.